The number of amides is 2. The zero-order chi connectivity index (χ0) is 17.7. The molecule has 6 heteroatoms. The summed E-state index contributed by atoms with van der Waals surface area (Å²) in [4.78, 5) is 11.9. The highest BCUT2D eigenvalue weighted by Gasteiger charge is 2.25. The van der Waals surface area contributed by atoms with Crippen molar-refractivity contribution in [2.45, 2.75) is 32.8 Å². The Morgan fingerprint density at radius 3 is 2.50 bits per heavy atom. The molecule has 1 aromatic heterocycles. The van der Waals surface area contributed by atoms with Gasteiger partial charge in [-0.2, -0.15) is 5.10 Å². The second kappa shape index (κ2) is 7.49. The van der Waals surface area contributed by atoms with Gasteiger partial charge in [-0.3, -0.25) is 4.68 Å². The number of nitrogens with one attached hydrogen (secondary N) is 2. The van der Waals surface area contributed by atoms with E-state index in [1.54, 1.807) is 31.0 Å². The van der Waals surface area contributed by atoms with Gasteiger partial charge in [-0.1, -0.05) is 29.3 Å². The Kier molecular flexibility index (Phi) is 5.62. The van der Waals surface area contributed by atoms with E-state index >= 15 is 0 Å². The molecule has 130 valence electrons. The molecule has 0 fully saturated rings. The summed E-state index contributed by atoms with van der Waals surface area (Å²) in [6.45, 7) is 6.45. The lowest BCUT2D eigenvalue weighted by Crippen LogP contribution is -2.43. The van der Waals surface area contributed by atoms with E-state index in [1.807, 2.05) is 0 Å². The first kappa shape index (κ1) is 18.0. The molecule has 0 aliphatic heterocycles. The first-order valence-corrected chi connectivity index (χ1v) is 8.06. The van der Waals surface area contributed by atoms with Gasteiger partial charge in [0.1, 0.15) is 5.60 Å². The predicted molar refractivity (Wildman–Crippen MR) is 93.8 cm³/mol. The van der Waals surface area contributed by atoms with Gasteiger partial charge < -0.3 is 15.7 Å². The van der Waals surface area contributed by atoms with Gasteiger partial charge in [0.05, 0.1) is 12.7 Å². The first-order chi connectivity index (χ1) is 11.3. The number of carbonyl (C=O) groups excluding carboxylic acids is 1. The molecule has 1 atom stereocenters. The number of nitrogens with zero attached hydrogens (tertiary/aromatic N) is 2. The Labute approximate surface area is 142 Å². The van der Waals surface area contributed by atoms with Crippen LogP contribution in [-0.4, -0.2) is 34.0 Å². The number of carbonyl (C=O) groups is 1. The van der Waals surface area contributed by atoms with Crippen molar-refractivity contribution in [3.63, 3.8) is 0 Å². The average molecular weight is 330 g/mol. The molecule has 0 aliphatic carbocycles. The van der Waals surface area contributed by atoms with Crippen molar-refractivity contribution in [2.24, 2.45) is 7.05 Å². The van der Waals surface area contributed by atoms with Crippen LogP contribution in [0.5, 0.6) is 0 Å². The number of hydrogen-bond donors (Lipinski definition) is 3. The maximum Gasteiger partial charge on any atom is 0.314 e. The zero-order valence-corrected chi connectivity index (χ0v) is 14.8. The van der Waals surface area contributed by atoms with E-state index in [2.05, 4.69) is 47.8 Å². The van der Waals surface area contributed by atoms with Crippen molar-refractivity contribution < 1.29 is 9.90 Å². The molecular weight excluding hydrogens is 304 g/mol. The van der Waals surface area contributed by atoms with Crippen LogP contribution in [-0.2, 0) is 19.1 Å². The molecule has 0 radical (unpaired) electrons. The molecule has 3 N–H and O–H groups in total. The summed E-state index contributed by atoms with van der Waals surface area (Å²) >= 11 is 0. The van der Waals surface area contributed by atoms with Crippen molar-refractivity contribution in [1.29, 1.82) is 0 Å². The average Bonchev–Trinajstić information content (AvgIpc) is 2.92. The standard InChI is InChI=1S/C18H26N4O2/c1-13-7-14(2)9-15(8-13)5-6-19-17(23)20-12-18(3,24)16-10-21-22(4)11-16/h7-11,24H,5-6,12H2,1-4H3,(H2,19,20,23). The van der Waals surface area contributed by atoms with Crippen LogP contribution in [0, 0.1) is 13.8 Å². The van der Waals surface area contributed by atoms with Crippen LogP contribution in [0.15, 0.2) is 30.6 Å². The number of urea groups is 1. The molecule has 1 aromatic carbocycles. The van der Waals surface area contributed by atoms with Gasteiger partial charge in [0.25, 0.3) is 0 Å². The van der Waals surface area contributed by atoms with Gasteiger partial charge in [0, 0.05) is 25.4 Å². The molecule has 0 bridgehead atoms. The van der Waals surface area contributed by atoms with E-state index in [1.165, 1.54) is 16.7 Å². The van der Waals surface area contributed by atoms with Gasteiger partial charge in [0.15, 0.2) is 0 Å². The summed E-state index contributed by atoms with van der Waals surface area (Å²) in [5, 5.41) is 20.0. The van der Waals surface area contributed by atoms with Crippen molar-refractivity contribution >= 4 is 6.03 Å². The smallest absolute Gasteiger partial charge is 0.314 e. The minimum Gasteiger partial charge on any atom is -0.383 e. The van der Waals surface area contributed by atoms with Crippen LogP contribution in [0.1, 0.15) is 29.2 Å². The van der Waals surface area contributed by atoms with Crippen LogP contribution < -0.4 is 10.6 Å². The summed E-state index contributed by atoms with van der Waals surface area (Å²) in [7, 11) is 1.78. The fraction of sp³-hybridized carbons (Fsp3) is 0.444. The predicted octanol–water partition coefficient (Wildman–Crippen LogP) is 1.79. The molecule has 0 aliphatic rings. The third kappa shape index (κ3) is 5.09. The Balaban J connectivity index is 1.77. The van der Waals surface area contributed by atoms with Gasteiger partial charge in [-0.15, -0.1) is 0 Å². The van der Waals surface area contributed by atoms with E-state index in [-0.39, 0.29) is 12.6 Å². The largest absolute Gasteiger partial charge is 0.383 e. The normalized spacial score (nSPS) is 13.4. The van der Waals surface area contributed by atoms with E-state index in [4.69, 9.17) is 0 Å². The van der Waals surface area contributed by atoms with E-state index < -0.39 is 5.60 Å². The van der Waals surface area contributed by atoms with Crippen molar-refractivity contribution in [1.82, 2.24) is 20.4 Å². The van der Waals surface area contributed by atoms with Crippen molar-refractivity contribution in [2.75, 3.05) is 13.1 Å². The summed E-state index contributed by atoms with van der Waals surface area (Å²) in [5.41, 5.74) is 3.17. The molecule has 1 heterocycles. The molecule has 2 rings (SSSR count). The van der Waals surface area contributed by atoms with Crippen LogP contribution in [0.3, 0.4) is 0 Å². The number of benzene rings is 1. The van der Waals surface area contributed by atoms with E-state index in [0.717, 1.165) is 6.42 Å². The number of aryl methyl sites for hydroxylation is 3. The van der Waals surface area contributed by atoms with Gasteiger partial charge >= 0.3 is 6.03 Å². The molecule has 24 heavy (non-hydrogen) atoms. The highest BCUT2D eigenvalue weighted by atomic mass is 16.3. The van der Waals surface area contributed by atoms with Crippen molar-refractivity contribution in [3.8, 4) is 0 Å². The Bertz CT molecular complexity index is 687. The maximum absolute atomic E-state index is 11.9. The Hall–Kier alpha value is -2.34. The molecule has 0 saturated heterocycles. The molecule has 6 nitrogen and oxygen atoms in total. The number of aliphatic hydroxyl groups is 1. The Morgan fingerprint density at radius 1 is 1.25 bits per heavy atom. The number of rotatable bonds is 6. The number of aromatic nitrogens is 2. The second-order valence-electron chi connectivity index (χ2n) is 6.53. The summed E-state index contributed by atoms with van der Waals surface area (Å²) in [6, 6.07) is 6.09. The summed E-state index contributed by atoms with van der Waals surface area (Å²) in [5.74, 6) is 0. The van der Waals surface area contributed by atoms with Crippen LogP contribution in [0.2, 0.25) is 0 Å². The minimum absolute atomic E-state index is 0.119. The lowest BCUT2D eigenvalue weighted by atomic mass is 10.00. The van der Waals surface area contributed by atoms with E-state index in [0.29, 0.717) is 12.1 Å². The molecular formula is C18H26N4O2. The topological polar surface area (TPSA) is 79.2 Å². The maximum atomic E-state index is 11.9. The molecule has 0 saturated carbocycles. The highest BCUT2D eigenvalue weighted by molar-refractivity contribution is 5.73. The molecule has 2 amide bonds. The highest BCUT2D eigenvalue weighted by Crippen LogP contribution is 2.18. The zero-order valence-electron chi connectivity index (χ0n) is 14.8. The third-order valence-corrected chi connectivity index (χ3v) is 3.90. The summed E-state index contributed by atoms with van der Waals surface area (Å²) < 4.78 is 1.62. The molecule has 2 aromatic rings. The molecule has 1 unspecified atom stereocenters. The Morgan fingerprint density at radius 2 is 1.92 bits per heavy atom. The first-order valence-electron chi connectivity index (χ1n) is 8.06. The minimum atomic E-state index is -1.15. The van der Waals surface area contributed by atoms with Crippen LogP contribution in [0.25, 0.3) is 0 Å². The summed E-state index contributed by atoms with van der Waals surface area (Å²) in [6.07, 6.45) is 4.11. The fourth-order valence-electron chi connectivity index (χ4n) is 2.65. The van der Waals surface area contributed by atoms with Gasteiger partial charge in [0.2, 0.25) is 0 Å². The monoisotopic (exact) mass is 330 g/mol. The lowest BCUT2D eigenvalue weighted by molar-refractivity contribution is 0.0593. The van der Waals surface area contributed by atoms with Crippen LogP contribution in [0.4, 0.5) is 4.79 Å². The third-order valence-electron chi connectivity index (χ3n) is 3.90. The SMILES string of the molecule is Cc1cc(C)cc(CCNC(=O)NCC(C)(O)c2cnn(C)c2)c1. The van der Waals surface area contributed by atoms with Gasteiger partial charge in [-0.05, 0) is 32.8 Å². The molecule has 0 spiro atoms. The van der Waals surface area contributed by atoms with E-state index in [9.17, 15) is 9.90 Å². The lowest BCUT2D eigenvalue weighted by Gasteiger charge is -2.22. The quantitative estimate of drug-likeness (QED) is 0.755. The number of hydrogen-bond acceptors (Lipinski definition) is 3. The second-order valence-corrected chi connectivity index (χ2v) is 6.53. The van der Waals surface area contributed by atoms with Gasteiger partial charge in [-0.25, -0.2) is 4.79 Å². The van der Waals surface area contributed by atoms with Crippen LogP contribution >= 0.6 is 0 Å². The fourth-order valence-corrected chi connectivity index (χ4v) is 2.65. The van der Waals surface area contributed by atoms with Crippen molar-refractivity contribution in [3.05, 3.63) is 52.8 Å².